The van der Waals surface area contributed by atoms with Gasteiger partial charge in [-0.25, -0.2) is 0 Å². The SMILES string of the molecule is CC(=O)Cc1cc(Oc2ccc3nc(Oc4cc(C5CC5)cn(C)c4=O)n(C)c3c2C#N)ccn1. The topological polar surface area (TPSA) is 112 Å². The molecule has 0 atom stereocenters. The molecule has 1 aliphatic carbocycles. The molecule has 35 heavy (non-hydrogen) atoms. The highest BCUT2D eigenvalue weighted by molar-refractivity contribution is 5.86. The average molecular weight is 470 g/mol. The molecule has 0 saturated heterocycles. The minimum Gasteiger partial charge on any atom is -0.456 e. The number of Topliss-reactive ketones (excluding diaryl/α,β-unsaturated/α-hetero) is 1. The van der Waals surface area contributed by atoms with Crippen LogP contribution in [-0.2, 0) is 25.3 Å². The second kappa shape index (κ2) is 8.72. The minimum atomic E-state index is -0.259. The number of carbonyl (C=O) groups excluding carboxylic acids is 1. The lowest BCUT2D eigenvalue weighted by Crippen LogP contribution is -2.18. The summed E-state index contributed by atoms with van der Waals surface area (Å²) in [6, 6.07) is 10.9. The van der Waals surface area contributed by atoms with Crippen LogP contribution in [0.1, 0.15) is 42.5 Å². The van der Waals surface area contributed by atoms with E-state index in [1.807, 2.05) is 6.20 Å². The van der Waals surface area contributed by atoms with Crippen LogP contribution in [0.5, 0.6) is 23.3 Å². The standard InChI is InChI=1S/C26H23N5O4/c1-15(32)10-18-12-19(8-9-28-18)34-22-7-6-21-24(20(22)13-27)31(3)26(29-21)35-23-11-17(16-4-5-16)14-30(2)25(23)33/h6-9,11-12,14,16H,4-5,10H2,1-3H3. The first-order valence-electron chi connectivity index (χ1n) is 11.2. The fourth-order valence-electron chi connectivity index (χ4n) is 4.07. The first-order valence-corrected chi connectivity index (χ1v) is 11.2. The van der Waals surface area contributed by atoms with Gasteiger partial charge < -0.3 is 14.0 Å². The molecule has 0 radical (unpaired) electrons. The molecule has 1 saturated carbocycles. The van der Waals surface area contributed by atoms with Crippen LogP contribution < -0.4 is 15.0 Å². The zero-order valence-electron chi connectivity index (χ0n) is 19.6. The number of fused-ring (bicyclic) bond motifs is 1. The summed E-state index contributed by atoms with van der Waals surface area (Å²) in [5.74, 6) is 1.44. The summed E-state index contributed by atoms with van der Waals surface area (Å²) < 4.78 is 15.1. The van der Waals surface area contributed by atoms with Crippen molar-refractivity contribution in [2.75, 3.05) is 0 Å². The van der Waals surface area contributed by atoms with E-state index in [1.165, 1.54) is 11.5 Å². The van der Waals surface area contributed by atoms with Crippen LogP contribution >= 0.6 is 0 Å². The fraction of sp³-hybridized carbons (Fsp3) is 0.269. The summed E-state index contributed by atoms with van der Waals surface area (Å²) in [5, 5.41) is 9.95. The highest BCUT2D eigenvalue weighted by Crippen LogP contribution is 2.41. The molecular weight excluding hydrogens is 446 g/mol. The number of rotatable bonds is 7. The van der Waals surface area contributed by atoms with Gasteiger partial charge in [0.2, 0.25) is 0 Å². The van der Waals surface area contributed by atoms with E-state index >= 15 is 0 Å². The van der Waals surface area contributed by atoms with Gasteiger partial charge in [-0.2, -0.15) is 10.2 Å². The van der Waals surface area contributed by atoms with E-state index in [1.54, 1.807) is 55.2 Å². The van der Waals surface area contributed by atoms with Crippen molar-refractivity contribution in [3.8, 4) is 29.3 Å². The van der Waals surface area contributed by atoms with Crippen LogP contribution in [-0.4, -0.2) is 24.9 Å². The Balaban J connectivity index is 1.51. The third kappa shape index (κ3) is 4.38. The zero-order valence-corrected chi connectivity index (χ0v) is 19.6. The Bertz CT molecular complexity index is 1570. The van der Waals surface area contributed by atoms with Gasteiger partial charge in [0.15, 0.2) is 5.75 Å². The average Bonchev–Trinajstić information content (AvgIpc) is 3.62. The van der Waals surface area contributed by atoms with Crippen LogP contribution in [0.2, 0.25) is 0 Å². The summed E-state index contributed by atoms with van der Waals surface area (Å²) >= 11 is 0. The van der Waals surface area contributed by atoms with E-state index in [-0.39, 0.29) is 35.1 Å². The monoisotopic (exact) mass is 469 g/mol. The molecule has 0 unspecified atom stereocenters. The van der Waals surface area contributed by atoms with Crippen molar-refractivity contribution in [2.45, 2.75) is 32.1 Å². The summed E-state index contributed by atoms with van der Waals surface area (Å²) in [4.78, 5) is 32.8. The number of benzene rings is 1. The van der Waals surface area contributed by atoms with Crippen molar-refractivity contribution >= 4 is 16.8 Å². The van der Waals surface area contributed by atoms with Crippen molar-refractivity contribution in [3.63, 3.8) is 0 Å². The molecule has 3 aromatic heterocycles. The van der Waals surface area contributed by atoms with Crippen LogP contribution in [0.25, 0.3) is 11.0 Å². The lowest BCUT2D eigenvalue weighted by Gasteiger charge is -2.10. The van der Waals surface area contributed by atoms with E-state index in [9.17, 15) is 14.9 Å². The highest BCUT2D eigenvalue weighted by Gasteiger charge is 2.26. The molecule has 0 aliphatic heterocycles. The maximum Gasteiger partial charge on any atom is 0.302 e. The number of aryl methyl sites for hydroxylation is 2. The number of ether oxygens (including phenoxy) is 2. The number of aromatic nitrogens is 4. The van der Waals surface area contributed by atoms with Gasteiger partial charge >= 0.3 is 6.01 Å². The highest BCUT2D eigenvalue weighted by atomic mass is 16.5. The number of ketones is 1. The second-order valence-corrected chi connectivity index (χ2v) is 8.77. The molecule has 0 spiro atoms. The van der Waals surface area contributed by atoms with Crippen molar-refractivity contribution in [3.05, 3.63) is 69.9 Å². The van der Waals surface area contributed by atoms with Gasteiger partial charge in [-0.05, 0) is 55.5 Å². The Labute approximate surface area is 201 Å². The Morgan fingerprint density at radius 2 is 1.97 bits per heavy atom. The largest absolute Gasteiger partial charge is 0.456 e. The predicted molar refractivity (Wildman–Crippen MR) is 128 cm³/mol. The number of nitriles is 1. The van der Waals surface area contributed by atoms with Gasteiger partial charge in [-0.1, -0.05) is 0 Å². The number of hydrogen-bond donors (Lipinski definition) is 0. The quantitative estimate of drug-likeness (QED) is 0.400. The Morgan fingerprint density at radius 1 is 1.17 bits per heavy atom. The predicted octanol–water partition coefficient (Wildman–Crippen LogP) is 4.13. The molecule has 4 aromatic rings. The van der Waals surface area contributed by atoms with Crippen molar-refractivity contribution in [2.24, 2.45) is 14.1 Å². The van der Waals surface area contributed by atoms with Crippen molar-refractivity contribution in [1.29, 1.82) is 5.26 Å². The van der Waals surface area contributed by atoms with Gasteiger partial charge in [0.1, 0.15) is 28.9 Å². The summed E-state index contributed by atoms with van der Waals surface area (Å²) in [6.45, 7) is 1.50. The molecule has 1 fully saturated rings. The van der Waals surface area contributed by atoms with E-state index < -0.39 is 0 Å². The van der Waals surface area contributed by atoms with Gasteiger partial charge in [0, 0.05) is 39.0 Å². The first-order chi connectivity index (χ1) is 16.8. The summed E-state index contributed by atoms with van der Waals surface area (Å²) in [5.41, 5.74) is 2.72. The molecular formula is C26H23N5O4. The number of nitrogens with zero attached hydrogens (tertiary/aromatic N) is 5. The van der Waals surface area contributed by atoms with Crippen molar-refractivity contribution < 1.29 is 14.3 Å². The van der Waals surface area contributed by atoms with Gasteiger partial charge in [0.05, 0.1) is 16.7 Å². The molecule has 5 rings (SSSR count). The molecule has 9 nitrogen and oxygen atoms in total. The van der Waals surface area contributed by atoms with Gasteiger partial charge in [0.25, 0.3) is 5.56 Å². The van der Waals surface area contributed by atoms with Gasteiger partial charge in [-0.3, -0.25) is 19.1 Å². The zero-order chi connectivity index (χ0) is 24.7. The number of carbonyl (C=O) groups is 1. The van der Waals surface area contributed by atoms with E-state index in [0.29, 0.717) is 34.1 Å². The summed E-state index contributed by atoms with van der Waals surface area (Å²) in [7, 11) is 3.43. The number of pyridine rings is 2. The summed E-state index contributed by atoms with van der Waals surface area (Å²) in [6.07, 6.45) is 5.81. The third-order valence-electron chi connectivity index (χ3n) is 5.94. The molecule has 0 bridgehead atoms. The number of imidazole rings is 1. The maximum atomic E-state index is 12.7. The van der Waals surface area contributed by atoms with Crippen LogP contribution in [0, 0.1) is 11.3 Å². The maximum absolute atomic E-state index is 12.7. The minimum absolute atomic E-state index is 0.00584. The number of hydrogen-bond acceptors (Lipinski definition) is 7. The molecule has 176 valence electrons. The molecule has 1 aromatic carbocycles. The van der Waals surface area contributed by atoms with Crippen LogP contribution in [0.4, 0.5) is 0 Å². The Morgan fingerprint density at radius 3 is 2.69 bits per heavy atom. The lowest BCUT2D eigenvalue weighted by atomic mass is 10.1. The molecule has 1 aliphatic rings. The first kappa shape index (κ1) is 22.3. The van der Waals surface area contributed by atoms with Gasteiger partial charge in [-0.15, -0.1) is 0 Å². The Kier molecular flexibility index (Phi) is 5.57. The van der Waals surface area contributed by atoms with Crippen LogP contribution in [0.15, 0.2) is 47.5 Å². The van der Waals surface area contributed by atoms with E-state index in [2.05, 4.69) is 16.0 Å². The molecule has 0 amide bonds. The smallest absolute Gasteiger partial charge is 0.302 e. The van der Waals surface area contributed by atoms with Crippen molar-refractivity contribution in [1.82, 2.24) is 19.1 Å². The van der Waals surface area contributed by atoms with Crippen LogP contribution in [0.3, 0.4) is 0 Å². The third-order valence-corrected chi connectivity index (χ3v) is 5.94. The van der Waals surface area contributed by atoms with E-state index in [0.717, 1.165) is 18.4 Å². The second-order valence-electron chi connectivity index (χ2n) is 8.77. The molecule has 9 heteroatoms. The van der Waals surface area contributed by atoms with E-state index in [4.69, 9.17) is 9.47 Å². The molecule has 0 N–H and O–H groups in total. The fourth-order valence-corrected chi connectivity index (χ4v) is 4.07. The Hall–Kier alpha value is -4.45. The normalized spacial score (nSPS) is 13.0. The lowest BCUT2D eigenvalue weighted by molar-refractivity contribution is -0.116. The molecule has 3 heterocycles.